The molecule has 4 nitrogen and oxygen atoms in total. The summed E-state index contributed by atoms with van der Waals surface area (Å²) in [6.07, 6.45) is 1.65. The molecule has 0 saturated carbocycles. The van der Waals surface area contributed by atoms with Crippen molar-refractivity contribution < 1.29 is 9.63 Å². The molecule has 2 aromatic carbocycles. The number of amides is 1. The van der Waals surface area contributed by atoms with Gasteiger partial charge in [0.25, 0.3) is 5.91 Å². The van der Waals surface area contributed by atoms with Gasteiger partial charge in [0.15, 0.2) is 0 Å². The van der Waals surface area contributed by atoms with Crippen molar-refractivity contribution in [3.63, 3.8) is 0 Å². The van der Waals surface area contributed by atoms with Gasteiger partial charge in [-0.05, 0) is 41.1 Å². The zero-order chi connectivity index (χ0) is 17.6. The number of benzene rings is 2. The number of aryl methyl sites for hydroxylation is 1. The SMILES string of the molecule is CON=Cc1ccc(-c2ccccc2NC(=O)c2sccc2C)cc1. The molecule has 0 atom stereocenters. The number of nitrogens with zero attached hydrogens (tertiary/aromatic N) is 1. The van der Waals surface area contributed by atoms with E-state index in [1.54, 1.807) is 6.21 Å². The van der Waals surface area contributed by atoms with Gasteiger partial charge < -0.3 is 10.2 Å². The van der Waals surface area contributed by atoms with Crippen molar-refractivity contribution >= 4 is 29.1 Å². The summed E-state index contributed by atoms with van der Waals surface area (Å²) < 4.78 is 0. The van der Waals surface area contributed by atoms with Crippen LogP contribution in [0.3, 0.4) is 0 Å². The lowest BCUT2D eigenvalue weighted by atomic mass is 10.0. The van der Waals surface area contributed by atoms with Gasteiger partial charge in [0.1, 0.15) is 7.11 Å². The van der Waals surface area contributed by atoms with Crippen molar-refractivity contribution in [2.45, 2.75) is 6.92 Å². The lowest BCUT2D eigenvalue weighted by Crippen LogP contribution is -2.12. The van der Waals surface area contributed by atoms with E-state index >= 15 is 0 Å². The molecule has 0 aliphatic carbocycles. The smallest absolute Gasteiger partial charge is 0.266 e. The van der Waals surface area contributed by atoms with Gasteiger partial charge in [-0.15, -0.1) is 11.3 Å². The summed E-state index contributed by atoms with van der Waals surface area (Å²) in [6, 6.07) is 17.6. The lowest BCUT2D eigenvalue weighted by Gasteiger charge is -2.11. The number of thiophene rings is 1. The number of oxime groups is 1. The highest BCUT2D eigenvalue weighted by Gasteiger charge is 2.13. The second kappa shape index (κ2) is 7.77. The Bertz CT molecular complexity index is 898. The van der Waals surface area contributed by atoms with E-state index in [4.69, 9.17) is 4.84 Å². The van der Waals surface area contributed by atoms with Crippen molar-refractivity contribution in [2.75, 3.05) is 12.4 Å². The van der Waals surface area contributed by atoms with E-state index in [0.717, 1.165) is 32.8 Å². The molecule has 0 aliphatic heterocycles. The van der Waals surface area contributed by atoms with E-state index in [0.29, 0.717) is 0 Å². The maximum absolute atomic E-state index is 12.5. The fourth-order valence-electron chi connectivity index (χ4n) is 2.49. The summed E-state index contributed by atoms with van der Waals surface area (Å²) in [5.41, 5.74) is 4.72. The van der Waals surface area contributed by atoms with Crippen molar-refractivity contribution in [3.8, 4) is 11.1 Å². The quantitative estimate of drug-likeness (QED) is 0.522. The van der Waals surface area contributed by atoms with Gasteiger partial charge in [0, 0.05) is 11.3 Å². The molecule has 126 valence electrons. The van der Waals surface area contributed by atoms with Crippen molar-refractivity contribution in [1.29, 1.82) is 0 Å². The minimum absolute atomic E-state index is 0.0798. The van der Waals surface area contributed by atoms with Gasteiger partial charge in [-0.25, -0.2) is 0 Å². The van der Waals surface area contributed by atoms with E-state index in [-0.39, 0.29) is 5.91 Å². The summed E-state index contributed by atoms with van der Waals surface area (Å²) in [6.45, 7) is 1.94. The predicted octanol–water partition coefficient (Wildman–Crippen LogP) is 4.96. The monoisotopic (exact) mass is 350 g/mol. The fraction of sp³-hybridized carbons (Fsp3) is 0.100. The molecule has 1 aromatic heterocycles. The van der Waals surface area contributed by atoms with Crippen LogP contribution in [-0.2, 0) is 4.84 Å². The van der Waals surface area contributed by atoms with Crippen LogP contribution in [0.4, 0.5) is 5.69 Å². The molecular formula is C20H18N2O2S. The number of hydrogen-bond acceptors (Lipinski definition) is 4. The van der Waals surface area contributed by atoms with Crippen LogP contribution < -0.4 is 5.32 Å². The van der Waals surface area contributed by atoms with Crippen LogP contribution in [0.25, 0.3) is 11.1 Å². The standard InChI is InChI=1S/C20H18N2O2S/c1-14-11-12-25-19(14)20(23)22-18-6-4-3-5-17(18)16-9-7-15(8-10-16)13-21-24-2/h3-13H,1-2H3,(H,22,23). The molecule has 0 aliphatic rings. The average Bonchev–Trinajstić information content (AvgIpc) is 3.07. The highest BCUT2D eigenvalue weighted by Crippen LogP contribution is 2.29. The second-order valence-corrected chi connectivity index (χ2v) is 6.39. The van der Waals surface area contributed by atoms with Crippen LogP contribution >= 0.6 is 11.3 Å². The molecule has 3 aromatic rings. The van der Waals surface area contributed by atoms with Gasteiger partial charge in [0.05, 0.1) is 11.1 Å². The minimum atomic E-state index is -0.0798. The van der Waals surface area contributed by atoms with Gasteiger partial charge >= 0.3 is 0 Å². The van der Waals surface area contributed by atoms with Gasteiger partial charge in [-0.2, -0.15) is 0 Å². The van der Waals surface area contributed by atoms with E-state index in [1.807, 2.05) is 66.9 Å². The molecule has 3 rings (SSSR count). The summed E-state index contributed by atoms with van der Waals surface area (Å²) in [4.78, 5) is 17.9. The van der Waals surface area contributed by atoms with Crippen LogP contribution in [0, 0.1) is 6.92 Å². The summed E-state index contributed by atoms with van der Waals surface area (Å²) in [5.74, 6) is -0.0798. The third-order valence-corrected chi connectivity index (χ3v) is 4.79. The van der Waals surface area contributed by atoms with E-state index in [1.165, 1.54) is 18.4 Å². The maximum Gasteiger partial charge on any atom is 0.266 e. The Labute approximate surface area is 150 Å². The van der Waals surface area contributed by atoms with Crippen molar-refractivity contribution in [1.82, 2.24) is 0 Å². The Morgan fingerprint density at radius 2 is 1.88 bits per heavy atom. The first-order chi connectivity index (χ1) is 12.2. The Morgan fingerprint density at radius 3 is 2.56 bits per heavy atom. The summed E-state index contributed by atoms with van der Waals surface area (Å²) in [7, 11) is 1.51. The summed E-state index contributed by atoms with van der Waals surface area (Å²) in [5, 5.41) is 8.71. The summed E-state index contributed by atoms with van der Waals surface area (Å²) >= 11 is 1.45. The Balaban J connectivity index is 1.87. The van der Waals surface area contributed by atoms with Gasteiger partial charge in [-0.3, -0.25) is 4.79 Å². The maximum atomic E-state index is 12.5. The van der Waals surface area contributed by atoms with Gasteiger partial charge in [-0.1, -0.05) is 47.6 Å². The van der Waals surface area contributed by atoms with E-state index in [9.17, 15) is 4.79 Å². The first-order valence-electron chi connectivity index (χ1n) is 7.80. The van der Waals surface area contributed by atoms with Crippen LogP contribution in [0.15, 0.2) is 65.1 Å². The van der Waals surface area contributed by atoms with E-state index in [2.05, 4.69) is 10.5 Å². The van der Waals surface area contributed by atoms with Gasteiger partial charge in [0.2, 0.25) is 0 Å². The zero-order valence-corrected chi connectivity index (χ0v) is 14.8. The topological polar surface area (TPSA) is 50.7 Å². The molecule has 0 bridgehead atoms. The molecule has 0 radical (unpaired) electrons. The second-order valence-electron chi connectivity index (χ2n) is 5.47. The molecule has 0 unspecified atom stereocenters. The zero-order valence-electron chi connectivity index (χ0n) is 14.0. The number of nitrogens with one attached hydrogen (secondary N) is 1. The number of carbonyl (C=O) groups excluding carboxylic acids is 1. The molecule has 0 fully saturated rings. The molecular weight excluding hydrogens is 332 g/mol. The Hall–Kier alpha value is -2.92. The van der Waals surface area contributed by atoms with Crippen molar-refractivity contribution in [3.05, 3.63) is 76.0 Å². The predicted molar refractivity (Wildman–Crippen MR) is 103 cm³/mol. The average molecular weight is 350 g/mol. The third-order valence-electron chi connectivity index (χ3n) is 3.77. The third kappa shape index (κ3) is 3.95. The number of rotatable bonds is 5. The lowest BCUT2D eigenvalue weighted by molar-refractivity contribution is 0.103. The highest BCUT2D eigenvalue weighted by atomic mass is 32.1. The molecule has 1 N–H and O–H groups in total. The number of anilines is 1. The first kappa shape index (κ1) is 16.9. The van der Waals surface area contributed by atoms with Crippen molar-refractivity contribution in [2.24, 2.45) is 5.16 Å². The molecule has 0 spiro atoms. The van der Waals surface area contributed by atoms with Crippen LogP contribution in [-0.4, -0.2) is 19.2 Å². The number of para-hydroxylation sites is 1. The van der Waals surface area contributed by atoms with Crippen LogP contribution in [0.5, 0.6) is 0 Å². The molecule has 5 heteroatoms. The van der Waals surface area contributed by atoms with Crippen LogP contribution in [0.1, 0.15) is 20.8 Å². The molecule has 25 heavy (non-hydrogen) atoms. The Kier molecular flexibility index (Phi) is 5.26. The first-order valence-corrected chi connectivity index (χ1v) is 8.68. The molecule has 1 heterocycles. The fourth-order valence-corrected chi connectivity index (χ4v) is 3.31. The largest absolute Gasteiger partial charge is 0.399 e. The Morgan fingerprint density at radius 1 is 1.12 bits per heavy atom. The molecule has 1 amide bonds. The van der Waals surface area contributed by atoms with E-state index < -0.39 is 0 Å². The number of carbonyl (C=O) groups is 1. The molecule has 0 saturated heterocycles. The highest BCUT2D eigenvalue weighted by molar-refractivity contribution is 7.12. The van der Waals surface area contributed by atoms with Crippen LogP contribution in [0.2, 0.25) is 0 Å². The number of hydrogen-bond donors (Lipinski definition) is 1. The normalized spacial score (nSPS) is 10.8. The minimum Gasteiger partial charge on any atom is -0.399 e.